The van der Waals surface area contributed by atoms with Crippen LogP contribution in [0.15, 0.2) is 0 Å². The average Bonchev–Trinajstić information content (AvgIpc) is 2.17. The van der Waals surface area contributed by atoms with Crippen molar-refractivity contribution < 1.29 is 0 Å². The Hall–Kier alpha value is -0.0800. The van der Waals surface area contributed by atoms with E-state index in [0.717, 1.165) is 12.0 Å². The van der Waals surface area contributed by atoms with E-state index in [0.29, 0.717) is 12.1 Å². The molecule has 0 aromatic heterocycles. The molecule has 0 aliphatic heterocycles. The lowest BCUT2D eigenvalue weighted by molar-refractivity contribution is 0.212. The van der Waals surface area contributed by atoms with Crippen LogP contribution in [0.2, 0.25) is 0 Å². The molecule has 3 N–H and O–H groups in total. The Balaban J connectivity index is 1.69. The van der Waals surface area contributed by atoms with E-state index in [1.54, 1.807) is 0 Å². The van der Waals surface area contributed by atoms with Gasteiger partial charge in [0.2, 0.25) is 0 Å². The van der Waals surface area contributed by atoms with Crippen molar-refractivity contribution in [1.82, 2.24) is 5.32 Å². The van der Waals surface area contributed by atoms with E-state index >= 15 is 0 Å². The van der Waals surface area contributed by atoms with Crippen molar-refractivity contribution in [2.24, 2.45) is 11.7 Å². The molecule has 0 aromatic rings. The standard InChI is InChI=1S/C12H24N2/c1-9(10-5-3-2-4-6-10)14-12-7-11(13)8-12/h9-12,14H,2-8,13H2,1H3/t9-,11?,12?/m0/s1. The summed E-state index contributed by atoms with van der Waals surface area (Å²) in [6, 6.07) is 1.92. The molecule has 2 heteroatoms. The van der Waals surface area contributed by atoms with E-state index in [4.69, 9.17) is 5.73 Å². The molecular formula is C12H24N2. The topological polar surface area (TPSA) is 38.0 Å². The Labute approximate surface area is 87.6 Å². The van der Waals surface area contributed by atoms with E-state index in [1.165, 1.54) is 44.9 Å². The van der Waals surface area contributed by atoms with Crippen LogP contribution in [0.3, 0.4) is 0 Å². The predicted octanol–water partition coefficient (Wildman–Crippen LogP) is 2.03. The molecule has 0 spiro atoms. The van der Waals surface area contributed by atoms with Crippen LogP contribution in [-0.2, 0) is 0 Å². The van der Waals surface area contributed by atoms with Crippen LogP contribution in [0.25, 0.3) is 0 Å². The maximum absolute atomic E-state index is 5.78. The largest absolute Gasteiger partial charge is 0.328 e. The van der Waals surface area contributed by atoms with Gasteiger partial charge in [0.1, 0.15) is 0 Å². The summed E-state index contributed by atoms with van der Waals surface area (Å²) in [6.45, 7) is 2.36. The SMILES string of the molecule is C[C@H](NC1CC(N)C1)C1CCCCC1. The zero-order chi connectivity index (χ0) is 9.97. The number of nitrogens with one attached hydrogen (secondary N) is 1. The van der Waals surface area contributed by atoms with Crippen LogP contribution in [0.5, 0.6) is 0 Å². The summed E-state index contributed by atoms with van der Waals surface area (Å²) < 4.78 is 0. The van der Waals surface area contributed by atoms with Gasteiger partial charge >= 0.3 is 0 Å². The second-order valence-electron chi connectivity index (χ2n) is 5.28. The first-order chi connectivity index (χ1) is 6.75. The van der Waals surface area contributed by atoms with Gasteiger partial charge in [0.15, 0.2) is 0 Å². The smallest absolute Gasteiger partial charge is 0.00991 e. The minimum absolute atomic E-state index is 0.478. The van der Waals surface area contributed by atoms with Crippen molar-refractivity contribution in [2.45, 2.75) is 70.0 Å². The van der Waals surface area contributed by atoms with Gasteiger partial charge in [-0.2, -0.15) is 0 Å². The lowest BCUT2D eigenvalue weighted by atomic mass is 9.82. The summed E-state index contributed by atoms with van der Waals surface area (Å²) in [7, 11) is 0. The molecule has 0 unspecified atom stereocenters. The van der Waals surface area contributed by atoms with Gasteiger partial charge in [0, 0.05) is 18.1 Å². The van der Waals surface area contributed by atoms with Crippen LogP contribution >= 0.6 is 0 Å². The number of hydrogen-bond donors (Lipinski definition) is 2. The highest BCUT2D eigenvalue weighted by atomic mass is 15.0. The molecule has 1 atom stereocenters. The van der Waals surface area contributed by atoms with Crippen molar-refractivity contribution in [2.75, 3.05) is 0 Å². The highest BCUT2D eigenvalue weighted by Gasteiger charge is 2.29. The zero-order valence-corrected chi connectivity index (χ0v) is 9.34. The maximum Gasteiger partial charge on any atom is 0.00991 e. The fourth-order valence-electron chi connectivity index (χ4n) is 2.94. The molecule has 2 nitrogen and oxygen atoms in total. The number of nitrogens with two attached hydrogens (primary N) is 1. The summed E-state index contributed by atoms with van der Waals surface area (Å²) >= 11 is 0. The van der Waals surface area contributed by atoms with Crippen molar-refractivity contribution in [3.63, 3.8) is 0 Å². The Morgan fingerprint density at radius 1 is 1.14 bits per heavy atom. The molecule has 2 aliphatic rings. The molecule has 0 bridgehead atoms. The Kier molecular flexibility index (Phi) is 3.45. The number of hydrogen-bond acceptors (Lipinski definition) is 2. The fourth-order valence-corrected chi connectivity index (χ4v) is 2.94. The molecular weight excluding hydrogens is 172 g/mol. The Bertz CT molecular complexity index is 169. The molecule has 0 saturated heterocycles. The molecule has 2 saturated carbocycles. The van der Waals surface area contributed by atoms with E-state index in [-0.39, 0.29) is 0 Å². The second-order valence-corrected chi connectivity index (χ2v) is 5.28. The third-order valence-electron chi connectivity index (χ3n) is 4.03. The van der Waals surface area contributed by atoms with E-state index in [9.17, 15) is 0 Å². The van der Waals surface area contributed by atoms with Crippen molar-refractivity contribution in [3.05, 3.63) is 0 Å². The van der Waals surface area contributed by atoms with Crippen LogP contribution in [0.4, 0.5) is 0 Å². The van der Waals surface area contributed by atoms with E-state index in [2.05, 4.69) is 12.2 Å². The summed E-state index contributed by atoms with van der Waals surface area (Å²) in [4.78, 5) is 0. The fraction of sp³-hybridized carbons (Fsp3) is 1.00. The zero-order valence-electron chi connectivity index (χ0n) is 9.34. The third kappa shape index (κ3) is 2.48. The van der Waals surface area contributed by atoms with Gasteiger partial charge in [-0.3, -0.25) is 0 Å². The molecule has 0 aromatic carbocycles. The van der Waals surface area contributed by atoms with Crippen LogP contribution in [0, 0.1) is 5.92 Å². The third-order valence-corrected chi connectivity index (χ3v) is 4.03. The lowest BCUT2D eigenvalue weighted by Crippen LogP contribution is -2.52. The molecule has 2 rings (SSSR count). The quantitative estimate of drug-likeness (QED) is 0.725. The van der Waals surface area contributed by atoms with Crippen LogP contribution in [-0.4, -0.2) is 18.1 Å². The maximum atomic E-state index is 5.78. The molecule has 0 heterocycles. The first kappa shape index (κ1) is 10.4. The van der Waals surface area contributed by atoms with Gasteiger partial charge in [-0.1, -0.05) is 19.3 Å². The van der Waals surface area contributed by atoms with Gasteiger partial charge in [-0.25, -0.2) is 0 Å². The van der Waals surface area contributed by atoms with Crippen LogP contribution < -0.4 is 11.1 Å². The minimum Gasteiger partial charge on any atom is -0.328 e. The second kappa shape index (κ2) is 4.63. The number of rotatable bonds is 3. The van der Waals surface area contributed by atoms with E-state index < -0.39 is 0 Å². The van der Waals surface area contributed by atoms with Crippen molar-refractivity contribution in [3.8, 4) is 0 Å². The molecule has 0 amide bonds. The van der Waals surface area contributed by atoms with Crippen molar-refractivity contribution in [1.29, 1.82) is 0 Å². The Morgan fingerprint density at radius 2 is 1.79 bits per heavy atom. The first-order valence-electron chi connectivity index (χ1n) is 6.27. The normalized spacial score (nSPS) is 36.4. The molecule has 0 radical (unpaired) electrons. The van der Waals surface area contributed by atoms with Crippen molar-refractivity contribution >= 4 is 0 Å². The monoisotopic (exact) mass is 196 g/mol. The molecule has 14 heavy (non-hydrogen) atoms. The minimum atomic E-state index is 0.478. The highest BCUT2D eigenvalue weighted by Crippen LogP contribution is 2.28. The summed E-state index contributed by atoms with van der Waals surface area (Å²) in [6.07, 6.45) is 9.60. The van der Waals surface area contributed by atoms with Gasteiger partial charge < -0.3 is 11.1 Å². The van der Waals surface area contributed by atoms with Gasteiger partial charge in [0.05, 0.1) is 0 Å². The van der Waals surface area contributed by atoms with E-state index in [1.807, 2.05) is 0 Å². The predicted molar refractivity (Wildman–Crippen MR) is 60.2 cm³/mol. The average molecular weight is 196 g/mol. The summed E-state index contributed by atoms with van der Waals surface area (Å²) in [5.74, 6) is 0.931. The summed E-state index contributed by atoms with van der Waals surface area (Å²) in [5, 5.41) is 3.74. The lowest BCUT2D eigenvalue weighted by Gasteiger charge is -2.38. The Morgan fingerprint density at radius 3 is 2.36 bits per heavy atom. The molecule has 82 valence electrons. The summed E-state index contributed by atoms with van der Waals surface area (Å²) in [5.41, 5.74) is 5.78. The molecule has 2 fully saturated rings. The van der Waals surface area contributed by atoms with Gasteiger partial charge in [-0.05, 0) is 38.5 Å². The van der Waals surface area contributed by atoms with Gasteiger partial charge in [0.25, 0.3) is 0 Å². The highest BCUT2D eigenvalue weighted by molar-refractivity contribution is 4.90. The van der Waals surface area contributed by atoms with Crippen LogP contribution in [0.1, 0.15) is 51.9 Å². The van der Waals surface area contributed by atoms with Gasteiger partial charge in [-0.15, -0.1) is 0 Å². The first-order valence-corrected chi connectivity index (χ1v) is 6.27. The molecule has 2 aliphatic carbocycles.